The van der Waals surface area contributed by atoms with Crippen molar-refractivity contribution in [2.45, 2.75) is 29.9 Å². The van der Waals surface area contributed by atoms with Gasteiger partial charge in [0, 0.05) is 27.8 Å². The van der Waals surface area contributed by atoms with Gasteiger partial charge < -0.3 is 10.6 Å². The van der Waals surface area contributed by atoms with Crippen LogP contribution in [0.2, 0.25) is 0 Å². The molecular formula is C26H24N2O3S. The van der Waals surface area contributed by atoms with Gasteiger partial charge in [0.1, 0.15) is 5.25 Å². The van der Waals surface area contributed by atoms with Crippen LogP contribution < -0.4 is 10.6 Å². The molecule has 1 unspecified atom stereocenters. The van der Waals surface area contributed by atoms with Crippen molar-refractivity contribution in [1.82, 2.24) is 0 Å². The summed E-state index contributed by atoms with van der Waals surface area (Å²) < 4.78 is 0. The van der Waals surface area contributed by atoms with Crippen LogP contribution in [0.3, 0.4) is 0 Å². The van der Waals surface area contributed by atoms with E-state index in [2.05, 4.69) is 10.6 Å². The van der Waals surface area contributed by atoms with E-state index in [0.29, 0.717) is 11.3 Å². The first-order valence-corrected chi connectivity index (χ1v) is 11.4. The van der Waals surface area contributed by atoms with Crippen LogP contribution in [0, 0.1) is 5.92 Å². The third kappa shape index (κ3) is 5.65. The van der Waals surface area contributed by atoms with Gasteiger partial charge in [-0.1, -0.05) is 36.4 Å². The maximum absolute atomic E-state index is 13.2. The summed E-state index contributed by atoms with van der Waals surface area (Å²) in [6.45, 7) is 1.51. The molecule has 32 heavy (non-hydrogen) atoms. The molecule has 0 heterocycles. The summed E-state index contributed by atoms with van der Waals surface area (Å²) >= 11 is 1.43. The lowest BCUT2D eigenvalue weighted by Gasteiger charge is -2.18. The molecule has 1 aliphatic rings. The summed E-state index contributed by atoms with van der Waals surface area (Å²) in [5.74, 6) is 0.000464. The van der Waals surface area contributed by atoms with E-state index in [9.17, 15) is 14.4 Å². The van der Waals surface area contributed by atoms with Gasteiger partial charge in [-0.15, -0.1) is 11.8 Å². The Balaban J connectivity index is 1.52. The van der Waals surface area contributed by atoms with Crippen LogP contribution in [0.25, 0.3) is 0 Å². The Morgan fingerprint density at radius 2 is 1.56 bits per heavy atom. The highest BCUT2D eigenvalue weighted by Crippen LogP contribution is 2.37. The molecule has 0 radical (unpaired) electrons. The standard InChI is InChI=1S/C26H24N2O3S/c1-17(29)18-12-14-21(15-13-18)27-26(31)24(19-6-3-2-4-7-19)32-23-9-5-8-22(16-23)28-25(30)20-10-11-20/h2-9,12-16,20,24H,10-11H2,1H3,(H,27,31)(H,28,30). The number of anilines is 2. The van der Waals surface area contributed by atoms with Gasteiger partial charge >= 0.3 is 0 Å². The van der Waals surface area contributed by atoms with Crippen molar-refractivity contribution in [3.05, 3.63) is 90.0 Å². The van der Waals surface area contributed by atoms with Crippen LogP contribution in [0.4, 0.5) is 11.4 Å². The van der Waals surface area contributed by atoms with Gasteiger partial charge in [0.25, 0.3) is 0 Å². The minimum absolute atomic E-state index is 0.0192. The van der Waals surface area contributed by atoms with E-state index in [0.717, 1.165) is 29.0 Å². The molecule has 162 valence electrons. The van der Waals surface area contributed by atoms with E-state index >= 15 is 0 Å². The molecular weight excluding hydrogens is 420 g/mol. The van der Waals surface area contributed by atoms with Crippen molar-refractivity contribution >= 4 is 40.7 Å². The van der Waals surface area contributed by atoms with Gasteiger partial charge in [-0.25, -0.2) is 0 Å². The molecule has 3 aromatic carbocycles. The number of ketones is 1. The number of benzene rings is 3. The van der Waals surface area contributed by atoms with Gasteiger partial charge in [0.15, 0.2) is 5.78 Å². The van der Waals surface area contributed by atoms with Crippen molar-refractivity contribution in [2.24, 2.45) is 5.92 Å². The maximum Gasteiger partial charge on any atom is 0.242 e. The minimum Gasteiger partial charge on any atom is -0.326 e. The zero-order valence-electron chi connectivity index (χ0n) is 17.7. The normalized spacial score (nSPS) is 13.8. The molecule has 0 saturated heterocycles. The molecule has 1 fully saturated rings. The lowest BCUT2D eigenvalue weighted by Crippen LogP contribution is -2.19. The van der Waals surface area contributed by atoms with Crippen molar-refractivity contribution in [3.8, 4) is 0 Å². The van der Waals surface area contributed by atoms with Crippen molar-refractivity contribution < 1.29 is 14.4 Å². The number of carbonyl (C=O) groups excluding carboxylic acids is 3. The lowest BCUT2D eigenvalue weighted by molar-refractivity contribution is -0.117. The molecule has 2 N–H and O–H groups in total. The third-order valence-corrected chi connectivity index (χ3v) is 6.45. The fourth-order valence-corrected chi connectivity index (χ4v) is 4.35. The SMILES string of the molecule is CC(=O)c1ccc(NC(=O)C(Sc2cccc(NC(=O)C3CC3)c2)c2ccccc2)cc1. The maximum atomic E-state index is 13.2. The van der Waals surface area contributed by atoms with Crippen LogP contribution >= 0.6 is 11.8 Å². The molecule has 6 heteroatoms. The number of carbonyl (C=O) groups is 3. The summed E-state index contributed by atoms with van der Waals surface area (Å²) in [5, 5.41) is 5.43. The van der Waals surface area contributed by atoms with Crippen LogP contribution in [0.5, 0.6) is 0 Å². The molecule has 3 aromatic rings. The van der Waals surface area contributed by atoms with E-state index in [1.54, 1.807) is 24.3 Å². The van der Waals surface area contributed by atoms with Gasteiger partial charge in [-0.2, -0.15) is 0 Å². The average molecular weight is 445 g/mol. The van der Waals surface area contributed by atoms with E-state index in [1.807, 2.05) is 54.6 Å². The number of hydrogen-bond acceptors (Lipinski definition) is 4. The number of rotatable bonds is 8. The average Bonchev–Trinajstić information content (AvgIpc) is 3.64. The molecule has 0 spiro atoms. The highest BCUT2D eigenvalue weighted by molar-refractivity contribution is 8.00. The summed E-state index contributed by atoms with van der Waals surface area (Å²) in [6.07, 6.45) is 1.90. The Morgan fingerprint density at radius 3 is 2.22 bits per heavy atom. The van der Waals surface area contributed by atoms with Crippen molar-refractivity contribution in [1.29, 1.82) is 0 Å². The zero-order chi connectivity index (χ0) is 22.5. The van der Waals surface area contributed by atoms with E-state index in [1.165, 1.54) is 18.7 Å². The second kappa shape index (κ2) is 9.83. The molecule has 1 atom stereocenters. The van der Waals surface area contributed by atoms with E-state index in [4.69, 9.17) is 0 Å². The quantitative estimate of drug-likeness (QED) is 0.345. The predicted octanol–water partition coefficient (Wildman–Crippen LogP) is 5.71. The summed E-state index contributed by atoms with van der Waals surface area (Å²) in [6, 6.07) is 24.0. The van der Waals surface area contributed by atoms with Crippen LogP contribution in [-0.2, 0) is 9.59 Å². The second-order valence-electron chi connectivity index (χ2n) is 7.82. The van der Waals surface area contributed by atoms with Crippen LogP contribution in [-0.4, -0.2) is 17.6 Å². The highest BCUT2D eigenvalue weighted by atomic mass is 32.2. The molecule has 1 saturated carbocycles. The Bertz CT molecular complexity index is 1130. The zero-order valence-corrected chi connectivity index (χ0v) is 18.5. The van der Waals surface area contributed by atoms with E-state index in [-0.39, 0.29) is 23.5 Å². The number of amides is 2. The number of Topliss-reactive ketones (excluding diaryl/α,β-unsaturated/α-hetero) is 1. The summed E-state index contributed by atoms with van der Waals surface area (Å²) in [4.78, 5) is 37.7. The molecule has 0 bridgehead atoms. The molecule has 4 rings (SSSR count). The third-order valence-electron chi connectivity index (χ3n) is 5.20. The largest absolute Gasteiger partial charge is 0.326 e. The molecule has 0 aromatic heterocycles. The Hall–Kier alpha value is -3.38. The lowest BCUT2D eigenvalue weighted by atomic mass is 10.1. The summed E-state index contributed by atoms with van der Waals surface area (Å²) in [7, 11) is 0. The molecule has 5 nitrogen and oxygen atoms in total. The fourth-order valence-electron chi connectivity index (χ4n) is 3.27. The Kier molecular flexibility index (Phi) is 6.71. The summed E-state index contributed by atoms with van der Waals surface area (Å²) in [5.41, 5.74) is 2.84. The Labute approximate surface area is 191 Å². The smallest absolute Gasteiger partial charge is 0.242 e. The number of hydrogen-bond donors (Lipinski definition) is 2. The van der Waals surface area contributed by atoms with Gasteiger partial charge in [-0.3, -0.25) is 14.4 Å². The number of thioether (sulfide) groups is 1. The van der Waals surface area contributed by atoms with Crippen molar-refractivity contribution in [2.75, 3.05) is 10.6 Å². The van der Waals surface area contributed by atoms with Gasteiger partial charge in [0.05, 0.1) is 0 Å². The molecule has 1 aliphatic carbocycles. The van der Waals surface area contributed by atoms with Crippen LogP contribution in [0.1, 0.15) is 40.9 Å². The first-order chi connectivity index (χ1) is 15.5. The molecule has 0 aliphatic heterocycles. The van der Waals surface area contributed by atoms with Gasteiger partial charge in [-0.05, 0) is 67.8 Å². The fraction of sp³-hybridized carbons (Fsp3) is 0.192. The first-order valence-electron chi connectivity index (χ1n) is 10.5. The highest BCUT2D eigenvalue weighted by Gasteiger charge is 2.29. The molecule has 2 amide bonds. The number of nitrogens with one attached hydrogen (secondary N) is 2. The van der Waals surface area contributed by atoms with Crippen molar-refractivity contribution in [3.63, 3.8) is 0 Å². The first kappa shape index (κ1) is 21.8. The van der Waals surface area contributed by atoms with Crippen LogP contribution in [0.15, 0.2) is 83.8 Å². The minimum atomic E-state index is -0.488. The monoisotopic (exact) mass is 444 g/mol. The second-order valence-corrected chi connectivity index (χ2v) is 9.00. The Morgan fingerprint density at radius 1 is 0.844 bits per heavy atom. The topological polar surface area (TPSA) is 75.3 Å². The van der Waals surface area contributed by atoms with E-state index < -0.39 is 5.25 Å². The van der Waals surface area contributed by atoms with Gasteiger partial charge in [0.2, 0.25) is 11.8 Å². The predicted molar refractivity (Wildman–Crippen MR) is 128 cm³/mol.